The second-order valence-electron chi connectivity index (χ2n) is 3.67. The van der Waals surface area contributed by atoms with Gasteiger partial charge in [-0.1, -0.05) is 42.5 Å². The lowest BCUT2D eigenvalue weighted by Gasteiger charge is -2.02. The maximum absolute atomic E-state index is 10.7. The molecule has 0 aliphatic carbocycles. The molecule has 2 aromatic rings. The quantitative estimate of drug-likeness (QED) is 0.702. The van der Waals surface area contributed by atoms with Crippen molar-refractivity contribution in [1.82, 2.24) is 0 Å². The molecule has 0 saturated carbocycles. The van der Waals surface area contributed by atoms with Crippen LogP contribution in [-0.4, -0.2) is 12.1 Å². The Labute approximate surface area is 94.6 Å². The molecule has 0 aliphatic rings. The molecule has 0 bridgehead atoms. The zero-order chi connectivity index (χ0) is 11.4. The van der Waals surface area contributed by atoms with E-state index in [0.29, 0.717) is 6.42 Å². The number of fused-ring (bicyclic) bond motifs is 1. The van der Waals surface area contributed by atoms with Gasteiger partial charge in [-0.2, -0.15) is 0 Å². The van der Waals surface area contributed by atoms with Crippen molar-refractivity contribution in [3.05, 3.63) is 48.0 Å². The van der Waals surface area contributed by atoms with Gasteiger partial charge in [0.15, 0.2) is 0 Å². The summed E-state index contributed by atoms with van der Waals surface area (Å²) < 4.78 is 0. The van der Waals surface area contributed by atoms with E-state index in [4.69, 9.17) is 0 Å². The summed E-state index contributed by atoms with van der Waals surface area (Å²) in [6.07, 6.45) is 2.37. The standard InChI is InChI=1S/C14H13NO/c1-11(16)15-10-9-13-7-4-6-12-5-2-3-8-14(12)13/h2-8,10H,9H2,1H3. The third-order valence-corrected chi connectivity index (χ3v) is 2.46. The number of benzene rings is 2. The summed E-state index contributed by atoms with van der Waals surface area (Å²) >= 11 is 0. The van der Waals surface area contributed by atoms with Crippen LogP contribution >= 0.6 is 0 Å². The zero-order valence-corrected chi connectivity index (χ0v) is 9.18. The molecule has 0 radical (unpaired) electrons. The predicted octanol–water partition coefficient (Wildman–Crippen LogP) is 3.00. The fourth-order valence-corrected chi connectivity index (χ4v) is 1.74. The van der Waals surface area contributed by atoms with Crippen LogP contribution in [0.4, 0.5) is 0 Å². The molecule has 2 aromatic carbocycles. The van der Waals surface area contributed by atoms with E-state index in [1.54, 1.807) is 6.21 Å². The topological polar surface area (TPSA) is 29.4 Å². The third kappa shape index (κ3) is 2.34. The summed E-state index contributed by atoms with van der Waals surface area (Å²) in [7, 11) is 0. The van der Waals surface area contributed by atoms with Gasteiger partial charge in [0, 0.05) is 19.6 Å². The van der Waals surface area contributed by atoms with Gasteiger partial charge in [-0.05, 0) is 16.3 Å². The van der Waals surface area contributed by atoms with Crippen molar-refractivity contribution in [2.45, 2.75) is 13.3 Å². The number of nitrogens with zero attached hydrogens (tertiary/aromatic N) is 1. The van der Waals surface area contributed by atoms with E-state index in [-0.39, 0.29) is 5.91 Å². The Balaban J connectivity index is 2.34. The van der Waals surface area contributed by atoms with Gasteiger partial charge >= 0.3 is 0 Å². The van der Waals surface area contributed by atoms with E-state index >= 15 is 0 Å². The van der Waals surface area contributed by atoms with Crippen molar-refractivity contribution >= 4 is 22.9 Å². The maximum atomic E-state index is 10.7. The first-order chi connectivity index (χ1) is 7.77. The van der Waals surface area contributed by atoms with Crippen LogP contribution in [0.2, 0.25) is 0 Å². The van der Waals surface area contributed by atoms with Crippen LogP contribution in [0.25, 0.3) is 10.8 Å². The Morgan fingerprint density at radius 1 is 1.19 bits per heavy atom. The number of hydrogen-bond acceptors (Lipinski definition) is 1. The summed E-state index contributed by atoms with van der Waals surface area (Å²) in [5.41, 5.74) is 1.20. The van der Waals surface area contributed by atoms with Crippen molar-refractivity contribution in [2.24, 2.45) is 4.99 Å². The average molecular weight is 211 g/mol. The molecule has 0 atom stereocenters. The second kappa shape index (κ2) is 4.71. The van der Waals surface area contributed by atoms with Gasteiger partial charge < -0.3 is 0 Å². The van der Waals surface area contributed by atoms with Crippen LogP contribution in [0, 0.1) is 0 Å². The molecular formula is C14H13NO. The number of amides is 1. The van der Waals surface area contributed by atoms with E-state index in [0.717, 1.165) is 0 Å². The number of carbonyl (C=O) groups is 1. The summed E-state index contributed by atoms with van der Waals surface area (Å²) in [6, 6.07) is 14.4. The summed E-state index contributed by atoms with van der Waals surface area (Å²) in [5.74, 6) is -0.153. The molecule has 0 spiro atoms. The van der Waals surface area contributed by atoms with Crippen molar-refractivity contribution in [3.8, 4) is 0 Å². The molecule has 0 N–H and O–H groups in total. The van der Waals surface area contributed by atoms with Gasteiger partial charge in [-0.15, -0.1) is 0 Å². The minimum absolute atomic E-state index is 0.153. The molecule has 1 amide bonds. The molecule has 80 valence electrons. The van der Waals surface area contributed by atoms with E-state index in [1.807, 2.05) is 18.2 Å². The van der Waals surface area contributed by atoms with Gasteiger partial charge in [0.25, 0.3) is 0 Å². The number of aliphatic imine (C=N–C) groups is 1. The first-order valence-corrected chi connectivity index (χ1v) is 5.27. The van der Waals surface area contributed by atoms with Gasteiger partial charge in [0.2, 0.25) is 5.91 Å². The summed E-state index contributed by atoms with van der Waals surface area (Å²) in [5, 5.41) is 2.44. The lowest BCUT2D eigenvalue weighted by molar-refractivity contribution is -0.115. The molecule has 2 rings (SSSR count). The predicted molar refractivity (Wildman–Crippen MR) is 66.8 cm³/mol. The molecule has 0 aliphatic heterocycles. The fourth-order valence-electron chi connectivity index (χ4n) is 1.74. The van der Waals surface area contributed by atoms with Crippen LogP contribution in [0.5, 0.6) is 0 Å². The van der Waals surface area contributed by atoms with Crippen molar-refractivity contribution < 1.29 is 4.79 Å². The first kappa shape index (κ1) is 10.6. The smallest absolute Gasteiger partial charge is 0.242 e. The van der Waals surface area contributed by atoms with Gasteiger partial charge in [-0.25, -0.2) is 4.99 Å². The van der Waals surface area contributed by atoms with E-state index in [1.165, 1.54) is 23.3 Å². The molecule has 2 heteroatoms. The third-order valence-electron chi connectivity index (χ3n) is 2.46. The van der Waals surface area contributed by atoms with E-state index < -0.39 is 0 Å². The highest BCUT2D eigenvalue weighted by atomic mass is 16.1. The van der Waals surface area contributed by atoms with E-state index in [9.17, 15) is 4.79 Å². The normalized spacial score (nSPS) is 11.1. The molecule has 0 unspecified atom stereocenters. The Bertz CT molecular complexity index is 538. The van der Waals surface area contributed by atoms with Gasteiger partial charge in [0.1, 0.15) is 0 Å². The highest BCUT2D eigenvalue weighted by Gasteiger charge is 1.98. The van der Waals surface area contributed by atoms with Crippen molar-refractivity contribution in [1.29, 1.82) is 0 Å². The van der Waals surface area contributed by atoms with Crippen LogP contribution < -0.4 is 0 Å². The van der Waals surface area contributed by atoms with Crippen LogP contribution in [0.15, 0.2) is 47.5 Å². The highest BCUT2D eigenvalue weighted by molar-refractivity contribution is 5.89. The minimum atomic E-state index is -0.153. The van der Waals surface area contributed by atoms with Crippen LogP contribution in [-0.2, 0) is 11.2 Å². The Morgan fingerprint density at radius 3 is 2.75 bits per heavy atom. The minimum Gasteiger partial charge on any atom is -0.273 e. The molecule has 0 fully saturated rings. The van der Waals surface area contributed by atoms with Crippen LogP contribution in [0.3, 0.4) is 0 Å². The Kier molecular flexibility index (Phi) is 3.10. The Morgan fingerprint density at radius 2 is 1.94 bits per heavy atom. The SMILES string of the molecule is CC(=O)N=CCc1cccc2ccccc12. The molecule has 0 aromatic heterocycles. The first-order valence-electron chi connectivity index (χ1n) is 5.27. The van der Waals surface area contributed by atoms with Crippen molar-refractivity contribution in [3.63, 3.8) is 0 Å². The van der Waals surface area contributed by atoms with Crippen LogP contribution in [0.1, 0.15) is 12.5 Å². The molecular weight excluding hydrogens is 198 g/mol. The zero-order valence-electron chi connectivity index (χ0n) is 9.18. The molecule has 0 saturated heterocycles. The number of carbonyl (C=O) groups excluding carboxylic acids is 1. The second-order valence-corrected chi connectivity index (χ2v) is 3.67. The van der Waals surface area contributed by atoms with Crippen molar-refractivity contribution in [2.75, 3.05) is 0 Å². The van der Waals surface area contributed by atoms with E-state index in [2.05, 4.69) is 29.3 Å². The molecule has 2 nitrogen and oxygen atoms in total. The Hall–Kier alpha value is -1.96. The maximum Gasteiger partial charge on any atom is 0.242 e. The monoisotopic (exact) mass is 211 g/mol. The average Bonchev–Trinajstić information content (AvgIpc) is 2.29. The number of hydrogen-bond donors (Lipinski definition) is 0. The summed E-state index contributed by atoms with van der Waals surface area (Å²) in [6.45, 7) is 1.46. The highest BCUT2D eigenvalue weighted by Crippen LogP contribution is 2.18. The number of rotatable bonds is 2. The molecule has 0 heterocycles. The fraction of sp³-hybridized carbons (Fsp3) is 0.143. The summed E-state index contributed by atoms with van der Waals surface area (Å²) in [4.78, 5) is 14.5. The van der Waals surface area contributed by atoms with Gasteiger partial charge in [0.05, 0.1) is 0 Å². The van der Waals surface area contributed by atoms with Gasteiger partial charge in [-0.3, -0.25) is 4.79 Å². The molecule has 16 heavy (non-hydrogen) atoms. The largest absolute Gasteiger partial charge is 0.273 e. The lowest BCUT2D eigenvalue weighted by Crippen LogP contribution is -1.91. The lowest BCUT2D eigenvalue weighted by atomic mass is 10.0.